The average Bonchev–Trinajstić information content (AvgIpc) is 2.73. The first-order valence-corrected chi connectivity index (χ1v) is 10.7. The van der Waals surface area contributed by atoms with E-state index in [1.807, 2.05) is 6.07 Å². The molecule has 3 heteroatoms. The SMILES string of the molecule is CCc1ccc([C@@](O)(CC(C)C)[C@H](CN2CCOCC2)c2ccccc2)cc1. The van der Waals surface area contributed by atoms with Crippen LogP contribution < -0.4 is 0 Å². The van der Waals surface area contributed by atoms with Crippen LogP contribution >= 0.6 is 0 Å². The molecule has 0 bridgehead atoms. The smallest absolute Gasteiger partial charge is 0.0979 e. The van der Waals surface area contributed by atoms with Gasteiger partial charge in [-0.15, -0.1) is 0 Å². The normalized spacial score (nSPS) is 18.8. The number of ether oxygens (including phenoxy) is 1. The predicted octanol–water partition coefficient (Wildman–Crippen LogP) is 4.60. The van der Waals surface area contributed by atoms with Gasteiger partial charge in [0.05, 0.1) is 18.8 Å². The third-order valence-corrected chi connectivity index (χ3v) is 5.90. The number of morpholine rings is 1. The van der Waals surface area contributed by atoms with Crippen LogP contribution in [0, 0.1) is 5.92 Å². The molecule has 0 amide bonds. The molecule has 3 nitrogen and oxygen atoms in total. The molecule has 0 saturated carbocycles. The van der Waals surface area contributed by atoms with E-state index in [2.05, 4.69) is 74.2 Å². The van der Waals surface area contributed by atoms with Crippen LogP contribution in [-0.2, 0) is 16.8 Å². The van der Waals surface area contributed by atoms with E-state index in [-0.39, 0.29) is 5.92 Å². The van der Waals surface area contributed by atoms with Gasteiger partial charge >= 0.3 is 0 Å². The molecule has 2 atom stereocenters. The molecule has 152 valence electrons. The highest BCUT2D eigenvalue weighted by molar-refractivity contribution is 5.34. The lowest BCUT2D eigenvalue weighted by Crippen LogP contribution is -2.45. The summed E-state index contributed by atoms with van der Waals surface area (Å²) in [5.41, 5.74) is 2.64. The van der Waals surface area contributed by atoms with Crippen molar-refractivity contribution in [3.63, 3.8) is 0 Å². The van der Waals surface area contributed by atoms with Gasteiger partial charge in [0.2, 0.25) is 0 Å². The van der Waals surface area contributed by atoms with E-state index in [0.29, 0.717) is 5.92 Å². The van der Waals surface area contributed by atoms with Crippen molar-refractivity contribution in [1.82, 2.24) is 4.90 Å². The summed E-state index contributed by atoms with van der Waals surface area (Å²) in [6.07, 6.45) is 1.75. The lowest BCUT2D eigenvalue weighted by atomic mass is 9.72. The molecule has 0 aromatic heterocycles. The molecule has 2 aromatic carbocycles. The zero-order valence-corrected chi connectivity index (χ0v) is 17.6. The summed E-state index contributed by atoms with van der Waals surface area (Å²) in [6, 6.07) is 19.1. The van der Waals surface area contributed by atoms with E-state index in [1.165, 1.54) is 11.1 Å². The van der Waals surface area contributed by atoms with Gasteiger partial charge in [-0.05, 0) is 35.4 Å². The van der Waals surface area contributed by atoms with Gasteiger partial charge in [0.25, 0.3) is 0 Å². The van der Waals surface area contributed by atoms with Crippen molar-refractivity contribution in [2.45, 2.75) is 45.1 Å². The number of rotatable bonds is 8. The highest BCUT2D eigenvalue weighted by Gasteiger charge is 2.40. The number of hydrogen-bond donors (Lipinski definition) is 1. The van der Waals surface area contributed by atoms with Crippen molar-refractivity contribution in [3.8, 4) is 0 Å². The first-order valence-electron chi connectivity index (χ1n) is 10.7. The van der Waals surface area contributed by atoms with Gasteiger partial charge in [-0.3, -0.25) is 4.90 Å². The molecule has 0 radical (unpaired) electrons. The Bertz CT molecular complexity index is 707. The Balaban J connectivity index is 2.01. The molecule has 3 rings (SSSR count). The second-order valence-corrected chi connectivity index (χ2v) is 8.45. The monoisotopic (exact) mass is 381 g/mol. The van der Waals surface area contributed by atoms with Gasteiger partial charge in [0.1, 0.15) is 0 Å². The fraction of sp³-hybridized carbons (Fsp3) is 0.520. The molecule has 1 N–H and O–H groups in total. The third-order valence-electron chi connectivity index (χ3n) is 5.90. The van der Waals surface area contributed by atoms with Crippen LogP contribution in [0.4, 0.5) is 0 Å². The van der Waals surface area contributed by atoms with Gasteiger partial charge in [-0.25, -0.2) is 0 Å². The summed E-state index contributed by atoms with van der Waals surface area (Å²) in [5.74, 6) is 0.411. The fourth-order valence-corrected chi connectivity index (χ4v) is 4.37. The fourth-order valence-electron chi connectivity index (χ4n) is 4.37. The zero-order chi connectivity index (χ0) is 20.0. The second-order valence-electron chi connectivity index (χ2n) is 8.45. The summed E-state index contributed by atoms with van der Waals surface area (Å²) >= 11 is 0. The molecule has 28 heavy (non-hydrogen) atoms. The molecule has 1 saturated heterocycles. The summed E-state index contributed by atoms with van der Waals surface area (Å²) in [5, 5.41) is 12.2. The Morgan fingerprint density at radius 3 is 2.21 bits per heavy atom. The van der Waals surface area contributed by atoms with Gasteiger partial charge in [0, 0.05) is 25.6 Å². The number of nitrogens with zero attached hydrogens (tertiary/aromatic N) is 1. The van der Waals surface area contributed by atoms with Crippen molar-refractivity contribution < 1.29 is 9.84 Å². The molecular formula is C25H35NO2. The molecule has 1 fully saturated rings. The number of aryl methyl sites for hydroxylation is 1. The number of benzene rings is 2. The topological polar surface area (TPSA) is 32.7 Å². The average molecular weight is 382 g/mol. The van der Waals surface area contributed by atoms with E-state index >= 15 is 0 Å². The standard InChI is InChI=1S/C25H35NO2/c1-4-21-10-12-23(13-11-21)25(27,18-20(2)3)24(22-8-6-5-7-9-22)19-26-14-16-28-17-15-26/h5-13,20,24,27H,4,14-19H2,1-3H3/t24-,25+/m1/s1. The molecule has 1 aliphatic rings. The van der Waals surface area contributed by atoms with Crippen molar-refractivity contribution in [3.05, 3.63) is 71.3 Å². The Morgan fingerprint density at radius 2 is 1.64 bits per heavy atom. The highest BCUT2D eigenvalue weighted by atomic mass is 16.5. The van der Waals surface area contributed by atoms with E-state index in [4.69, 9.17) is 4.74 Å². The maximum Gasteiger partial charge on any atom is 0.0979 e. The lowest BCUT2D eigenvalue weighted by Gasteiger charge is -2.42. The lowest BCUT2D eigenvalue weighted by molar-refractivity contribution is -0.0356. The van der Waals surface area contributed by atoms with Crippen molar-refractivity contribution in [1.29, 1.82) is 0 Å². The molecule has 0 unspecified atom stereocenters. The molecule has 0 spiro atoms. The third kappa shape index (κ3) is 5.02. The maximum atomic E-state index is 12.2. The zero-order valence-electron chi connectivity index (χ0n) is 17.6. The Kier molecular flexibility index (Phi) is 7.28. The van der Waals surface area contributed by atoms with Crippen LogP contribution in [0.1, 0.15) is 49.8 Å². The Morgan fingerprint density at radius 1 is 1.00 bits per heavy atom. The predicted molar refractivity (Wildman–Crippen MR) is 116 cm³/mol. The van der Waals surface area contributed by atoms with E-state index < -0.39 is 5.60 Å². The largest absolute Gasteiger partial charge is 0.384 e. The quantitative estimate of drug-likeness (QED) is 0.725. The van der Waals surface area contributed by atoms with Crippen LogP contribution in [-0.4, -0.2) is 42.9 Å². The Hall–Kier alpha value is -1.68. The van der Waals surface area contributed by atoms with Crippen molar-refractivity contribution in [2.75, 3.05) is 32.8 Å². The summed E-state index contributed by atoms with van der Waals surface area (Å²) in [4.78, 5) is 2.44. The maximum absolute atomic E-state index is 12.2. The van der Waals surface area contributed by atoms with E-state index in [0.717, 1.165) is 51.3 Å². The van der Waals surface area contributed by atoms with E-state index in [1.54, 1.807) is 0 Å². The number of aliphatic hydroxyl groups is 1. The van der Waals surface area contributed by atoms with Crippen molar-refractivity contribution in [2.24, 2.45) is 5.92 Å². The molecule has 2 aromatic rings. The second kappa shape index (κ2) is 9.69. The van der Waals surface area contributed by atoms with Crippen LogP contribution in [0.15, 0.2) is 54.6 Å². The number of hydrogen-bond acceptors (Lipinski definition) is 3. The van der Waals surface area contributed by atoms with Crippen LogP contribution in [0.2, 0.25) is 0 Å². The van der Waals surface area contributed by atoms with Gasteiger partial charge in [0.15, 0.2) is 0 Å². The molecular weight excluding hydrogens is 346 g/mol. The van der Waals surface area contributed by atoms with Gasteiger partial charge in [-0.2, -0.15) is 0 Å². The van der Waals surface area contributed by atoms with Gasteiger partial charge in [-0.1, -0.05) is 75.4 Å². The van der Waals surface area contributed by atoms with E-state index in [9.17, 15) is 5.11 Å². The van der Waals surface area contributed by atoms with Gasteiger partial charge < -0.3 is 9.84 Å². The first-order chi connectivity index (χ1) is 13.5. The van der Waals surface area contributed by atoms with Crippen LogP contribution in [0.5, 0.6) is 0 Å². The molecule has 1 aliphatic heterocycles. The minimum atomic E-state index is -0.903. The summed E-state index contributed by atoms with van der Waals surface area (Å²) in [6.45, 7) is 10.8. The molecule has 1 heterocycles. The van der Waals surface area contributed by atoms with Crippen LogP contribution in [0.3, 0.4) is 0 Å². The summed E-state index contributed by atoms with van der Waals surface area (Å²) in [7, 11) is 0. The Labute approximate surface area is 170 Å². The minimum absolute atomic E-state index is 0.0154. The minimum Gasteiger partial charge on any atom is -0.384 e. The first kappa shape index (κ1) is 21.0. The van der Waals surface area contributed by atoms with Crippen LogP contribution in [0.25, 0.3) is 0 Å². The molecule has 0 aliphatic carbocycles. The van der Waals surface area contributed by atoms with Crippen molar-refractivity contribution >= 4 is 0 Å². The summed E-state index contributed by atoms with van der Waals surface area (Å²) < 4.78 is 5.54. The highest BCUT2D eigenvalue weighted by Crippen LogP contribution is 2.42.